The predicted molar refractivity (Wildman–Crippen MR) is 58.8 cm³/mol. The van der Waals surface area contributed by atoms with Crippen molar-refractivity contribution in [1.82, 2.24) is 0 Å². The second kappa shape index (κ2) is 6.03. The van der Waals surface area contributed by atoms with Crippen LogP contribution in [0.1, 0.15) is 32.6 Å². The lowest BCUT2D eigenvalue weighted by Gasteiger charge is -2.07. The molecule has 1 aliphatic rings. The maximum Gasteiger partial charge on any atom is 0.129 e. The van der Waals surface area contributed by atoms with Gasteiger partial charge in [0, 0.05) is 12.2 Å². The molecule has 0 N–H and O–H groups in total. The van der Waals surface area contributed by atoms with Gasteiger partial charge in [0.15, 0.2) is 0 Å². The van der Waals surface area contributed by atoms with Gasteiger partial charge < -0.3 is 4.79 Å². The van der Waals surface area contributed by atoms with Crippen LogP contribution in [0.25, 0.3) is 0 Å². The lowest BCUT2D eigenvalue weighted by Crippen LogP contribution is -1.90. The third kappa shape index (κ3) is 4.94. The number of hydrogen-bond donors (Lipinski definition) is 0. The minimum atomic E-state index is 0.310. The Morgan fingerprint density at radius 1 is 1.54 bits per heavy atom. The van der Waals surface area contributed by atoms with E-state index in [9.17, 15) is 4.79 Å². The average molecular weight is 196 g/mol. The number of allylic oxidation sites excluding steroid dienone is 3. The second-order valence-corrected chi connectivity index (χ2v) is 4.43. The summed E-state index contributed by atoms with van der Waals surface area (Å²) in [6, 6.07) is 0. The van der Waals surface area contributed by atoms with Crippen molar-refractivity contribution in [1.29, 1.82) is 0 Å². The van der Waals surface area contributed by atoms with Crippen molar-refractivity contribution in [3.05, 3.63) is 23.1 Å². The largest absolute Gasteiger partial charge is 0.300 e. The minimum Gasteiger partial charge on any atom is -0.300 e. The van der Waals surface area contributed by atoms with Crippen LogP contribution in [0.3, 0.4) is 0 Å². The van der Waals surface area contributed by atoms with Crippen molar-refractivity contribution in [2.45, 2.75) is 32.6 Å². The van der Waals surface area contributed by atoms with Gasteiger partial charge in [-0.25, -0.2) is 0 Å². The van der Waals surface area contributed by atoms with Gasteiger partial charge in [-0.1, -0.05) is 18.2 Å². The Hall–Kier alpha value is -0.500. The summed E-state index contributed by atoms with van der Waals surface area (Å²) >= 11 is 1.91. The fourth-order valence-corrected chi connectivity index (χ4v) is 2.15. The maximum absolute atomic E-state index is 10.7. The van der Waals surface area contributed by atoms with Gasteiger partial charge in [-0.15, -0.1) is 11.8 Å². The zero-order valence-electron chi connectivity index (χ0n) is 8.08. The van der Waals surface area contributed by atoms with Crippen LogP contribution in [0, 0.1) is 0 Å². The van der Waals surface area contributed by atoms with Crippen LogP contribution in [0.15, 0.2) is 23.1 Å². The first-order chi connectivity index (χ1) is 6.29. The Kier molecular flexibility index (Phi) is 4.91. The second-order valence-electron chi connectivity index (χ2n) is 3.28. The maximum atomic E-state index is 10.7. The van der Waals surface area contributed by atoms with Crippen LogP contribution < -0.4 is 0 Å². The number of rotatable bonds is 5. The Morgan fingerprint density at radius 3 is 3.00 bits per heavy atom. The van der Waals surface area contributed by atoms with Crippen LogP contribution in [0.2, 0.25) is 0 Å². The smallest absolute Gasteiger partial charge is 0.129 e. The van der Waals surface area contributed by atoms with Crippen LogP contribution >= 0.6 is 11.8 Å². The van der Waals surface area contributed by atoms with E-state index in [-0.39, 0.29) is 0 Å². The summed E-state index contributed by atoms with van der Waals surface area (Å²) in [6.45, 7) is 1.66. The number of Topliss-reactive ketones (excluding diaryl/α,β-unsaturated/α-hetero) is 1. The number of carbonyl (C=O) groups excluding carboxylic acids is 1. The molecule has 0 amide bonds. The van der Waals surface area contributed by atoms with E-state index in [1.54, 1.807) is 6.92 Å². The van der Waals surface area contributed by atoms with E-state index in [0.717, 1.165) is 31.4 Å². The van der Waals surface area contributed by atoms with E-state index in [1.165, 1.54) is 4.91 Å². The van der Waals surface area contributed by atoms with E-state index in [0.29, 0.717) is 5.78 Å². The highest BCUT2D eigenvalue weighted by molar-refractivity contribution is 8.03. The topological polar surface area (TPSA) is 17.1 Å². The Balaban J connectivity index is 2.08. The van der Waals surface area contributed by atoms with Gasteiger partial charge in [-0.05, 0) is 31.1 Å². The molecule has 0 fully saturated rings. The molecule has 0 spiro atoms. The van der Waals surface area contributed by atoms with Crippen molar-refractivity contribution < 1.29 is 4.79 Å². The van der Waals surface area contributed by atoms with E-state index in [2.05, 4.69) is 18.2 Å². The van der Waals surface area contributed by atoms with Crippen LogP contribution in [-0.2, 0) is 4.79 Å². The number of thioether (sulfide) groups is 1. The number of unbranched alkanes of at least 4 members (excludes halogenated alkanes) is 1. The summed E-state index contributed by atoms with van der Waals surface area (Å²) in [5.41, 5.74) is 0. The van der Waals surface area contributed by atoms with Crippen molar-refractivity contribution in [3.8, 4) is 0 Å². The summed E-state index contributed by atoms with van der Waals surface area (Å²) in [5, 5.41) is 0. The zero-order valence-corrected chi connectivity index (χ0v) is 8.90. The molecule has 1 heterocycles. The van der Waals surface area contributed by atoms with Crippen LogP contribution in [0.4, 0.5) is 0 Å². The quantitative estimate of drug-likeness (QED) is 0.627. The zero-order chi connectivity index (χ0) is 9.52. The molecular weight excluding hydrogens is 180 g/mol. The summed E-state index contributed by atoms with van der Waals surface area (Å²) in [5.74, 6) is 1.42. The Morgan fingerprint density at radius 2 is 2.38 bits per heavy atom. The van der Waals surface area contributed by atoms with E-state index >= 15 is 0 Å². The summed E-state index contributed by atoms with van der Waals surface area (Å²) in [6.07, 6.45) is 10.5. The summed E-state index contributed by atoms with van der Waals surface area (Å²) in [4.78, 5) is 12.1. The molecule has 0 atom stereocenters. The van der Waals surface area contributed by atoms with Crippen LogP contribution in [-0.4, -0.2) is 11.5 Å². The van der Waals surface area contributed by atoms with Crippen molar-refractivity contribution in [3.63, 3.8) is 0 Å². The molecular formula is C11H16OS. The molecule has 0 radical (unpaired) electrons. The lowest BCUT2D eigenvalue weighted by atomic mass is 10.1. The molecule has 0 aromatic carbocycles. The third-order valence-electron chi connectivity index (χ3n) is 1.99. The first kappa shape index (κ1) is 10.6. The number of ketones is 1. The van der Waals surface area contributed by atoms with Crippen molar-refractivity contribution in [2.75, 3.05) is 5.75 Å². The van der Waals surface area contributed by atoms with Gasteiger partial charge in [0.1, 0.15) is 5.78 Å². The molecule has 0 saturated heterocycles. The molecule has 0 saturated carbocycles. The van der Waals surface area contributed by atoms with E-state index in [1.807, 2.05) is 11.8 Å². The Labute approximate surface area is 84.3 Å². The van der Waals surface area contributed by atoms with Crippen molar-refractivity contribution in [2.24, 2.45) is 0 Å². The molecule has 0 bridgehead atoms. The molecule has 0 aromatic heterocycles. The fourth-order valence-electron chi connectivity index (χ4n) is 1.26. The van der Waals surface area contributed by atoms with Gasteiger partial charge in [0.2, 0.25) is 0 Å². The Bertz CT molecular complexity index is 228. The molecule has 13 heavy (non-hydrogen) atoms. The fraction of sp³-hybridized carbons (Fsp3) is 0.545. The first-order valence-electron chi connectivity index (χ1n) is 4.77. The molecule has 1 nitrogen and oxygen atoms in total. The van der Waals surface area contributed by atoms with Crippen LogP contribution in [0.5, 0.6) is 0 Å². The number of carbonyl (C=O) groups is 1. The highest BCUT2D eigenvalue weighted by Gasteiger charge is 2.00. The summed E-state index contributed by atoms with van der Waals surface area (Å²) < 4.78 is 0. The van der Waals surface area contributed by atoms with Gasteiger partial charge in [0.05, 0.1) is 0 Å². The van der Waals surface area contributed by atoms with E-state index < -0.39 is 0 Å². The van der Waals surface area contributed by atoms with Crippen molar-refractivity contribution >= 4 is 17.5 Å². The third-order valence-corrected chi connectivity index (χ3v) is 3.06. The highest BCUT2D eigenvalue weighted by Crippen LogP contribution is 2.24. The van der Waals surface area contributed by atoms with Gasteiger partial charge in [-0.3, -0.25) is 0 Å². The predicted octanol–water partition coefficient (Wildman–Crippen LogP) is 3.32. The highest BCUT2D eigenvalue weighted by atomic mass is 32.2. The van der Waals surface area contributed by atoms with Gasteiger partial charge in [0.25, 0.3) is 0 Å². The number of hydrogen-bond acceptors (Lipinski definition) is 2. The molecule has 72 valence electrons. The molecule has 1 rings (SSSR count). The molecule has 0 aliphatic carbocycles. The average Bonchev–Trinajstić information content (AvgIpc) is 2.14. The normalized spacial score (nSPS) is 15.6. The minimum absolute atomic E-state index is 0.310. The molecule has 2 heteroatoms. The summed E-state index contributed by atoms with van der Waals surface area (Å²) in [7, 11) is 0. The van der Waals surface area contributed by atoms with Gasteiger partial charge in [-0.2, -0.15) is 0 Å². The SMILES string of the molecule is CC(=O)CCCCC1=CC=CCS1. The molecule has 0 unspecified atom stereocenters. The monoisotopic (exact) mass is 196 g/mol. The molecule has 0 aromatic rings. The lowest BCUT2D eigenvalue weighted by molar-refractivity contribution is -0.117. The first-order valence-corrected chi connectivity index (χ1v) is 5.75. The van der Waals surface area contributed by atoms with Gasteiger partial charge >= 0.3 is 0 Å². The standard InChI is InChI=1S/C11H16OS/c1-10(12)6-2-3-7-11-8-4-5-9-13-11/h4-5,8H,2-3,6-7,9H2,1H3. The molecule has 1 aliphatic heterocycles. The van der Waals surface area contributed by atoms with E-state index in [4.69, 9.17) is 0 Å².